The Kier molecular flexibility index (Phi) is 47.2. The minimum Gasteiger partial charge on any atom is -0.480 e. The number of aliphatic carboxylic acids is 5. The Balaban J connectivity index is 0.000000517. The van der Waals surface area contributed by atoms with E-state index >= 15 is 0 Å². The van der Waals surface area contributed by atoms with Gasteiger partial charge < -0.3 is 133 Å². The van der Waals surface area contributed by atoms with Crippen LogP contribution in [0.15, 0.2) is 0 Å². The van der Waals surface area contributed by atoms with Crippen LogP contribution in [0.5, 0.6) is 0 Å². The second-order valence-corrected chi connectivity index (χ2v) is 41.6. The van der Waals surface area contributed by atoms with Crippen LogP contribution in [0.25, 0.3) is 0 Å². The number of carboxylic acid groups (broad SMARTS) is 5. The number of nitrogens with two attached hydrogens (primary N) is 10. The maximum atomic E-state index is 12.9. The predicted octanol–water partition coefficient (Wildman–Crippen LogP) is -12.1. The molecule has 0 spiro atoms. The smallest absolute Gasteiger partial charge is 0.451 e. The summed E-state index contributed by atoms with van der Waals surface area (Å²) in [7, 11) is -25.3. The maximum absolute atomic E-state index is 12.9. The highest BCUT2D eigenvalue weighted by atomic mass is 32.2. The van der Waals surface area contributed by atoms with Gasteiger partial charge in [0.25, 0.3) is 51.0 Å². The molecule has 0 amide bonds. The van der Waals surface area contributed by atoms with E-state index in [1.54, 1.807) is 20.8 Å². The zero-order valence-corrected chi connectivity index (χ0v) is 74.4. The number of nitrogens with zero attached hydrogens (tertiary/aromatic N) is 10. The molecule has 0 aromatic rings. The summed E-state index contributed by atoms with van der Waals surface area (Å²) in [5.74, 6) is -9.38. The molecule has 35 N–H and O–H groups in total. The van der Waals surface area contributed by atoms with Crippen molar-refractivity contribution in [3.8, 4) is 0 Å². The topological polar surface area (TPSA) is 852 Å². The predicted molar refractivity (Wildman–Crippen MR) is 452 cm³/mol. The molecule has 0 radical (unpaired) electrons. The molecule has 5 saturated heterocycles. The lowest BCUT2D eigenvalue weighted by atomic mass is 9.78. The standard InChI is InChI=1S/C13H27BN4O6S.2C13H29BN4O6S.C12H27BN4O6S.C11H25BN4O6S/c15-6-7-18(11-3-4-11)25(23,24)17-8-10(2-1-5-14(21)22)13(16,9-17)12(19)20;1-10(2)18(7-6-15)25(23,24)17-8-11(4-3-5-14(21)22)13(16,9-17)12(19)20;1-2-7-17(8-6-15)25(23,24)18-9-11(4-3-5-14(21)22)13(16,10-18)12(19)20;1-2-16(7-6-14)24(22,23)17-8-10(4-3-5-13(20)21)12(15,9-17)11(18)19;1-15(6-5-13)23(21,22)16-7-9(3-2-4-12(19)20)11(14,8-16)10(17)18/h10-11,21-22H,1-9,15-16H2,(H,19,20);10-11,21-22H,3-9,15-16H2,1-2H3,(H,19,20);11,21-22H,2-10,15-16H2,1H3,(H,19,20);10,20-21H,2-9,14-15H2,1H3,(H,18,19);9,19-20H,2-8,13-14H2,1H3,(H,17,18)/t10-,13-;2*11-,13-;10-,12-;9-,11-/m00000/s1. The number of carboxylic acids is 5. The van der Waals surface area contributed by atoms with Gasteiger partial charge in [-0.15, -0.1) is 0 Å². The first-order chi connectivity index (χ1) is 56.3. The SMILES string of the molecule is CC(C)N(CCN)S(=O)(=O)N1C[C@H](CCCB(O)O)[C@](N)(C(=O)O)C1.CCCN(CCN)S(=O)(=O)N1C[C@H](CCCB(O)O)[C@](N)(C(=O)O)C1.CCN(CCN)S(=O)(=O)N1C[C@H](CCCB(O)O)[C@](N)(C(=O)O)C1.CN(CCN)S(=O)(=O)N1C[C@H](CCCB(O)O)[C@](N)(C(=O)O)C1.NCCN(C1CC1)S(=O)(=O)N1C[C@H](CCCB(O)O)[C@](N)(C(=O)O)C1. The Hall–Kier alpha value is -3.78. The fourth-order valence-corrected chi connectivity index (χ4v) is 24.1. The van der Waals surface area contributed by atoms with Gasteiger partial charge in [-0.05, 0) is 96.8 Å². The Labute approximate surface area is 718 Å². The first-order valence-corrected chi connectivity index (χ1v) is 47.5. The first kappa shape index (κ1) is 114. The molecule has 10 atom stereocenters. The molecular formula is C62H137B5N20O30S5. The Morgan fingerprint density at radius 1 is 0.369 bits per heavy atom. The van der Waals surface area contributed by atoms with Gasteiger partial charge in [0.15, 0.2) is 0 Å². The third-order valence-corrected chi connectivity index (χ3v) is 32.5. The number of carbonyl (C=O) groups is 5. The quantitative estimate of drug-likeness (QED) is 0.0252. The minimum absolute atomic E-state index is 0.000445. The summed E-state index contributed by atoms with van der Waals surface area (Å²) in [5, 5.41) is 136. The van der Waals surface area contributed by atoms with E-state index in [-0.39, 0.29) is 207 Å². The molecule has 5 heterocycles. The molecule has 0 aromatic carbocycles. The molecule has 1 aliphatic carbocycles. The van der Waals surface area contributed by atoms with Crippen molar-refractivity contribution in [2.24, 2.45) is 86.9 Å². The molecule has 122 heavy (non-hydrogen) atoms. The first-order valence-electron chi connectivity index (χ1n) is 40.5. The van der Waals surface area contributed by atoms with Gasteiger partial charge >= 0.3 is 65.4 Å². The lowest BCUT2D eigenvalue weighted by Gasteiger charge is -2.30. The maximum Gasteiger partial charge on any atom is 0.451 e. The Morgan fingerprint density at radius 2 is 0.615 bits per heavy atom. The van der Waals surface area contributed by atoms with Crippen LogP contribution in [0, 0.1) is 29.6 Å². The van der Waals surface area contributed by atoms with Crippen molar-refractivity contribution in [2.45, 2.75) is 183 Å². The molecule has 1 saturated carbocycles. The van der Waals surface area contributed by atoms with Gasteiger partial charge in [0.2, 0.25) is 0 Å². The molecular weight excluding hydrogens is 1720 g/mol. The van der Waals surface area contributed by atoms with Crippen LogP contribution in [0.2, 0.25) is 31.6 Å². The summed E-state index contributed by atoms with van der Waals surface area (Å²) in [6.07, 6.45) is 5.67. The third kappa shape index (κ3) is 31.2. The van der Waals surface area contributed by atoms with Gasteiger partial charge in [-0.2, -0.15) is 85.1 Å². The largest absolute Gasteiger partial charge is 0.480 e. The molecule has 6 fully saturated rings. The average molecular weight is 1860 g/mol. The van der Waals surface area contributed by atoms with E-state index < -0.39 is 174 Å². The molecule has 50 nitrogen and oxygen atoms in total. The van der Waals surface area contributed by atoms with E-state index in [9.17, 15) is 91.6 Å². The van der Waals surface area contributed by atoms with Crippen molar-refractivity contribution in [2.75, 3.05) is 151 Å². The summed E-state index contributed by atoms with van der Waals surface area (Å²) in [5.41, 5.74) is 48.8. The number of hydrogen-bond donors (Lipinski definition) is 25. The highest BCUT2D eigenvalue weighted by Crippen LogP contribution is 2.40. The fourth-order valence-electron chi connectivity index (χ4n) is 15.2. The van der Waals surface area contributed by atoms with Crippen molar-refractivity contribution in [3.63, 3.8) is 0 Å². The average Bonchev–Trinajstić information content (AvgIpc) is 1.24. The lowest BCUT2D eigenvalue weighted by molar-refractivity contribution is -0.145. The van der Waals surface area contributed by atoms with Gasteiger partial charge in [0.05, 0.1) is 0 Å². The van der Waals surface area contributed by atoms with E-state index in [1.807, 2.05) is 6.92 Å². The highest BCUT2D eigenvalue weighted by Gasteiger charge is 2.59. The summed E-state index contributed by atoms with van der Waals surface area (Å²) in [6.45, 7) is 7.32. The monoisotopic (exact) mass is 1860 g/mol. The van der Waals surface area contributed by atoms with Crippen LogP contribution in [0.1, 0.15) is 111 Å². The number of likely N-dealkylation sites (N-methyl/N-ethyl adjacent to an activating group) is 2. The van der Waals surface area contributed by atoms with Crippen molar-refractivity contribution in [1.29, 1.82) is 0 Å². The van der Waals surface area contributed by atoms with Crippen molar-refractivity contribution in [1.82, 2.24) is 43.1 Å². The summed E-state index contributed by atoms with van der Waals surface area (Å²) >= 11 is 0. The molecule has 5 aliphatic heterocycles. The zero-order valence-electron chi connectivity index (χ0n) is 70.3. The summed E-state index contributed by atoms with van der Waals surface area (Å²) in [6, 6.07) is -0.400. The van der Waals surface area contributed by atoms with E-state index in [4.69, 9.17) is 108 Å². The second-order valence-electron chi connectivity index (χ2n) is 32.0. The molecule has 6 rings (SSSR count). The third-order valence-electron chi connectivity index (χ3n) is 22.5. The van der Waals surface area contributed by atoms with Crippen molar-refractivity contribution in [3.05, 3.63) is 0 Å². The second kappa shape index (κ2) is 50.4. The van der Waals surface area contributed by atoms with Gasteiger partial charge in [0.1, 0.15) is 27.7 Å². The minimum atomic E-state index is -3.90. The van der Waals surface area contributed by atoms with E-state index in [1.165, 1.54) is 24.3 Å². The summed E-state index contributed by atoms with van der Waals surface area (Å²) < 4.78 is 139. The van der Waals surface area contributed by atoms with Gasteiger partial charge in [-0.1, -0.05) is 46.0 Å². The van der Waals surface area contributed by atoms with Crippen LogP contribution in [0.3, 0.4) is 0 Å². The Morgan fingerprint density at radius 3 is 0.844 bits per heavy atom. The highest BCUT2D eigenvalue weighted by molar-refractivity contribution is 7.87. The molecule has 6 aliphatic rings. The van der Waals surface area contributed by atoms with Crippen LogP contribution in [0.4, 0.5) is 0 Å². The molecule has 0 unspecified atom stereocenters. The van der Waals surface area contributed by atoms with Crippen molar-refractivity contribution < 1.29 is 142 Å². The lowest BCUT2D eigenvalue weighted by Crippen LogP contribution is -2.56. The van der Waals surface area contributed by atoms with Crippen LogP contribution >= 0.6 is 0 Å². The molecule has 60 heteroatoms. The fraction of sp³-hybridized carbons (Fsp3) is 0.919. The number of rotatable bonds is 50. The van der Waals surface area contributed by atoms with E-state index in [2.05, 4.69) is 0 Å². The number of hydrogen-bond acceptors (Lipinski definition) is 35. The molecule has 0 bridgehead atoms. The van der Waals surface area contributed by atoms with Crippen LogP contribution in [-0.2, 0) is 75.0 Å². The normalized spacial score (nSPS) is 25.8. The Bertz CT molecular complexity index is 3770. The van der Waals surface area contributed by atoms with Gasteiger partial charge in [-0.3, -0.25) is 24.0 Å². The molecule has 710 valence electrons. The molecule has 0 aromatic heterocycles. The summed E-state index contributed by atoms with van der Waals surface area (Å²) in [4.78, 5) is 58.1. The zero-order chi connectivity index (χ0) is 93.9. The van der Waals surface area contributed by atoms with Gasteiger partial charge in [0, 0.05) is 193 Å². The van der Waals surface area contributed by atoms with Gasteiger partial charge in [-0.25, -0.2) is 0 Å². The van der Waals surface area contributed by atoms with Crippen LogP contribution < -0.4 is 57.3 Å². The van der Waals surface area contributed by atoms with E-state index in [0.717, 1.165) is 38.7 Å². The van der Waals surface area contributed by atoms with Crippen molar-refractivity contribution >= 4 is 116 Å². The van der Waals surface area contributed by atoms with E-state index in [0.29, 0.717) is 51.5 Å². The van der Waals surface area contributed by atoms with Crippen LogP contribution in [-0.4, -0.2) is 417 Å².